The minimum Gasteiger partial charge on any atom is -0.480 e. The fourth-order valence-electron chi connectivity index (χ4n) is 0.742. The maximum absolute atomic E-state index is 10.1. The molecule has 8 nitrogen and oxygen atoms in total. The molecule has 0 heterocycles. The van der Waals surface area contributed by atoms with E-state index in [1.807, 2.05) is 0 Å². The van der Waals surface area contributed by atoms with Crippen LogP contribution in [0, 0.1) is 0 Å². The van der Waals surface area contributed by atoms with Gasteiger partial charge in [0.05, 0.1) is 19.6 Å². The maximum Gasteiger partial charge on any atom is 0.317 e. The highest BCUT2D eigenvalue weighted by molar-refractivity contribution is 5.75. The lowest BCUT2D eigenvalue weighted by Gasteiger charge is -2.14. The van der Waals surface area contributed by atoms with Crippen molar-refractivity contribution in [2.45, 2.75) is 0 Å². The van der Waals surface area contributed by atoms with Crippen molar-refractivity contribution >= 4 is 17.9 Å². The van der Waals surface area contributed by atoms with Gasteiger partial charge in [0.1, 0.15) is 0 Å². The number of hydrogen-bond acceptors (Lipinski definition) is 4. The van der Waals surface area contributed by atoms with E-state index in [-0.39, 0.29) is 5.48 Å². The van der Waals surface area contributed by atoms with Crippen molar-refractivity contribution in [3.05, 3.63) is 0 Å². The zero-order chi connectivity index (χ0) is 10.4. The average molecular weight is 209 g/mol. The molecule has 0 spiro atoms. The molecule has 0 aliphatic heterocycles. The van der Waals surface area contributed by atoms with Crippen molar-refractivity contribution in [3.8, 4) is 0 Å². The minimum absolute atomic E-state index is 0. The number of hydrogen-bond donors (Lipinski definition) is 3. The maximum atomic E-state index is 10.1. The third-order valence-corrected chi connectivity index (χ3v) is 1.08. The number of nitrogens with zero attached hydrogens (tertiary/aromatic N) is 1. The third-order valence-electron chi connectivity index (χ3n) is 1.08. The van der Waals surface area contributed by atoms with E-state index in [9.17, 15) is 14.4 Å². The van der Waals surface area contributed by atoms with Crippen LogP contribution >= 0.6 is 0 Å². The van der Waals surface area contributed by atoms with Gasteiger partial charge in [-0.2, -0.15) is 0 Å². The molecule has 0 fully saturated rings. The lowest BCUT2D eigenvalue weighted by Crippen LogP contribution is -2.38. The summed E-state index contributed by atoms with van der Waals surface area (Å²) < 4.78 is 0. The molecule has 0 atom stereocenters. The van der Waals surface area contributed by atoms with Crippen LogP contribution in [0.15, 0.2) is 0 Å². The van der Waals surface area contributed by atoms with E-state index in [4.69, 9.17) is 15.3 Å². The van der Waals surface area contributed by atoms with Crippen molar-refractivity contribution in [2.75, 3.05) is 19.6 Å². The van der Waals surface area contributed by atoms with E-state index < -0.39 is 37.5 Å². The Balaban J connectivity index is 0. The summed E-state index contributed by atoms with van der Waals surface area (Å²) in [5.74, 6) is -3.78. The van der Waals surface area contributed by atoms with Gasteiger partial charge in [-0.3, -0.25) is 19.3 Å². The molecular weight excluding hydrogens is 198 g/mol. The SMILES string of the molecule is O.O=C(O)CN(CC(=O)O)CC(=O)O. The lowest BCUT2D eigenvalue weighted by atomic mass is 10.4. The Morgan fingerprint density at radius 2 is 1.00 bits per heavy atom. The van der Waals surface area contributed by atoms with Crippen LogP contribution in [0.5, 0.6) is 0 Å². The molecule has 0 radical (unpaired) electrons. The first-order chi connectivity index (χ1) is 5.91. The summed E-state index contributed by atoms with van der Waals surface area (Å²) in [7, 11) is 0. The highest BCUT2D eigenvalue weighted by Gasteiger charge is 2.15. The second kappa shape index (κ2) is 6.80. The normalized spacial score (nSPS) is 9.21. The summed E-state index contributed by atoms with van der Waals surface area (Å²) >= 11 is 0. The molecule has 0 aromatic heterocycles. The van der Waals surface area contributed by atoms with Gasteiger partial charge in [0.2, 0.25) is 0 Å². The zero-order valence-corrected chi connectivity index (χ0v) is 7.13. The Hall–Kier alpha value is -1.67. The predicted octanol–water partition coefficient (Wildman–Crippen LogP) is -2.28. The Bertz CT molecular complexity index is 188. The number of carbonyl (C=O) groups is 3. The summed E-state index contributed by atoms with van der Waals surface area (Å²) in [4.78, 5) is 31.2. The zero-order valence-electron chi connectivity index (χ0n) is 7.13. The van der Waals surface area contributed by atoms with Crippen molar-refractivity contribution < 1.29 is 35.2 Å². The van der Waals surface area contributed by atoms with Crippen LogP contribution in [0.1, 0.15) is 0 Å². The van der Waals surface area contributed by atoms with Crippen LogP contribution < -0.4 is 0 Å². The van der Waals surface area contributed by atoms with E-state index in [2.05, 4.69) is 0 Å². The van der Waals surface area contributed by atoms with Crippen LogP contribution in [-0.4, -0.2) is 63.2 Å². The van der Waals surface area contributed by atoms with Crippen LogP contribution in [0.2, 0.25) is 0 Å². The first-order valence-electron chi connectivity index (χ1n) is 3.29. The topological polar surface area (TPSA) is 147 Å². The molecule has 0 aromatic carbocycles. The van der Waals surface area contributed by atoms with E-state index in [1.165, 1.54) is 0 Å². The van der Waals surface area contributed by atoms with E-state index in [0.29, 0.717) is 0 Å². The molecule has 0 bridgehead atoms. The first-order valence-corrected chi connectivity index (χ1v) is 3.29. The number of carboxylic acids is 3. The van der Waals surface area contributed by atoms with E-state index >= 15 is 0 Å². The Morgan fingerprint density at radius 3 is 1.14 bits per heavy atom. The molecule has 0 rings (SSSR count). The summed E-state index contributed by atoms with van der Waals surface area (Å²) in [6.07, 6.45) is 0. The second-order valence-corrected chi connectivity index (χ2v) is 2.33. The van der Waals surface area contributed by atoms with E-state index in [0.717, 1.165) is 4.90 Å². The van der Waals surface area contributed by atoms with Gasteiger partial charge >= 0.3 is 17.9 Å². The smallest absolute Gasteiger partial charge is 0.317 e. The van der Waals surface area contributed by atoms with E-state index in [1.54, 1.807) is 0 Å². The highest BCUT2D eigenvalue weighted by atomic mass is 16.4. The monoisotopic (exact) mass is 209 g/mol. The fourth-order valence-corrected chi connectivity index (χ4v) is 0.742. The van der Waals surface area contributed by atoms with Gasteiger partial charge in [0.15, 0.2) is 0 Å². The van der Waals surface area contributed by atoms with Gasteiger partial charge in [-0.15, -0.1) is 0 Å². The molecule has 0 aromatic rings. The van der Waals surface area contributed by atoms with Crippen molar-refractivity contribution in [2.24, 2.45) is 0 Å². The molecule has 14 heavy (non-hydrogen) atoms. The van der Waals surface area contributed by atoms with Crippen LogP contribution in [0.25, 0.3) is 0 Å². The predicted molar refractivity (Wildman–Crippen MR) is 43.0 cm³/mol. The summed E-state index contributed by atoms with van der Waals surface area (Å²) in [6.45, 7) is -1.80. The Labute approximate surface area is 78.7 Å². The quantitative estimate of drug-likeness (QED) is 0.446. The van der Waals surface area contributed by atoms with Crippen molar-refractivity contribution in [1.82, 2.24) is 4.90 Å². The Kier molecular flexibility index (Phi) is 7.21. The molecule has 0 aliphatic carbocycles. The molecular formula is C6H11NO7. The van der Waals surface area contributed by atoms with Crippen LogP contribution in [0.3, 0.4) is 0 Å². The van der Waals surface area contributed by atoms with Gasteiger partial charge in [0, 0.05) is 0 Å². The average Bonchev–Trinajstić information content (AvgIpc) is 1.80. The van der Waals surface area contributed by atoms with Gasteiger partial charge in [-0.05, 0) is 0 Å². The number of carboxylic acid groups (broad SMARTS) is 3. The van der Waals surface area contributed by atoms with Crippen molar-refractivity contribution in [1.29, 1.82) is 0 Å². The molecule has 0 amide bonds. The number of aliphatic carboxylic acids is 3. The molecule has 0 unspecified atom stereocenters. The van der Waals surface area contributed by atoms with Gasteiger partial charge in [-0.25, -0.2) is 0 Å². The van der Waals surface area contributed by atoms with Gasteiger partial charge in [-0.1, -0.05) is 0 Å². The second-order valence-electron chi connectivity index (χ2n) is 2.33. The summed E-state index contributed by atoms with van der Waals surface area (Å²) in [6, 6.07) is 0. The number of rotatable bonds is 6. The fraction of sp³-hybridized carbons (Fsp3) is 0.500. The van der Waals surface area contributed by atoms with Gasteiger partial charge in [0.25, 0.3) is 0 Å². The van der Waals surface area contributed by atoms with Gasteiger partial charge < -0.3 is 20.8 Å². The molecule has 82 valence electrons. The Morgan fingerprint density at radius 1 is 0.786 bits per heavy atom. The minimum atomic E-state index is -1.26. The summed E-state index contributed by atoms with van der Waals surface area (Å²) in [5, 5.41) is 24.8. The molecule has 0 saturated carbocycles. The van der Waals surface area contributed by atoms with Crippen molar-refractivity contribution in [3.63, 3.8) is 0 Å². The third kappa shape index (κ3) is 8.43. The first kappa shape index (κ1) is 14.8. The molecule has 0 saturated heterocycles. The molecule has 5 N–H and O–H groups in total. The summed E-state index contributed by atoms with van der Waals surface area (Å²) in [5.41, 5.74) is 0. The standard InChI is InChI=1S/C6H9NO6.H2O/c8-4(9)1-7(2-5(10)11)3-6(12)13;/h1-3H2,(H,8,9)(H,10,11)(H,12,13);1H2. The molecule has 8 heteroatoms. The van der Waals surface area contributed by atoms with Crippen LogP contribution in [0.4, 0.5) is 0 Å². The largest absolute Gasteiger partial charge is 0.480 e. The highest BCUT2D eigenvalue weighted by Crippen LogP contribution is 1.87. The molecule has 0 aliphatic rings. The van der Waals surface area contributed by atoms with Crippen LogP contribution in [-0.2, 0) is 14.4 Å². The lowest BCUT2D eigenvalue weighted by molar-refractivity contribution is -0.144.